The zero-order chi connectivity index (χ0) is 15.9. The number of ether oxygens (including phenoxy) is 1. The molecule has 0 atom stereocenters. The smallest absolute Gasteiger partial charge is 0.341 e. The highest BCUT2D eigenvalue weighted by Crippen LogP contribution is 2.21. The van der Waals surface area contributed by atoms with Crippen LogP contribution in [-0.2, 0) is 4.79 Å². The summed E-state index contributed by atoms with van der Waals surface area (Å²) >= 11 is 0. The van der Waals surface area contributed by atoms with E-state index in [1.54, 1.807) is 42.5 Å². The zero-order valence-electron chi connectivity index (χ0n) is 11.5. The van der Waals surface area contributed by atoms with Gasteiger partial charge in [-0.05, 0) is 23.8 Å². The fourth-order valence-electron chi connectivity index (χ4n) is 1.78. The molecule has 22 heavy (non-hydrogen) atoms. The average molecular weight is 299 g/mol. The van der Waals surface area contributed by atoms with Crippen molar-refractivity contribution in [2.24, 2.45) is 0 Å². The van der Waals surface area contributed by atoms with E-state index in [0.29, 0.717) is 5.75 Å². The lowest BCUT2D eigenvalue weighted by molar-refractivity contribution is -0.384. The molecule has 0 aromatic heterocycles. The third-order valence-corrected chi connectivity index (χ3v) is 2.83. The summed E-state index contributed by atoms with van der Waals surface area (Å²) in [6.45, 7) is -0.414. The minimum atomic E-state index is -1.05. The van der Waals surface area contributed by atoms with Gasteiger partial charge in [-0.1, -0.05) is 30.4 Å². The molecule has 1 N–H and O–H groups in total. The Kier molecular flexibility index (Phi) is 4.87. The van der Waals surface area contributed by atoms with Crippen LogP contribution in [0.3, 0.4) is 0 Å². The van der Waals surface area contributed by atoms with Gasteiger partial charge < -0.3 is 9.84 Å². The Balaban J connectivity index is 2.15. The molecule has 2 aromatic rings. The molecule has 0 aliphatic heterocycles. The van der Waals surface area contributed by atoms with E-state index in [9.17, 15) is 14.9 Å². The van der Waals surface area contributed by atoms with Crippen molar-refractivity contribution in [1.29, 1.82) is 0 Å². The largest absolute Gasteiger partial charge is 0.481 e. The maximum Gasteiger partial charge on any atom is 0.341 e. The Morgan fingerprint density at radius 2 is 1.82 bits per heavy atom. The molecule has 0 heterocycles. The molecule has 0 saturated heterocycles. The zero-order valence-corrected chi connectivity index (χ0v) is 11.5. The predicted molar refractivity (Wildman–Crippen MR) is 81.6 cm³/mol. The van der Waals surface area contributed by atoms with Crippen molar-refractivity contribution in [2.45, 2.75) is 0 Å². The molecule has 0 fully saturated rings. The average Bonchev–Trinajstić information content (AvgIpc) is 2.52. The van der Waals surface area contributed by atoms with Crippen LogP contribution in [0.15, 0.2) is 48.5 Å². The normalized spacial score (nSPS) is 10.5. The third-order valence-electron chi connectivity index (χ3n) is 2.83. The standard InChI is InChI=1S/C16H13NO5/c18-16(19)11-22-15-4-2-1-3-13(15)8-5-12-6-9-14(10-7-12)17(20)21/h1-10H,11H2,(H,18,19)/b8-5-. The van der Waals surface area contributed by atoms with E-state index < -0.39 is 17.5 Å². The number of carboxylic acids is 1. The van der Waals surface area contributed by atoms with Crippen LogP contribution in [0.1, 0.15) is 11.1 Å². The van der Waals surface area contributed by atoms with Crippen molar-refractivity contribution in [1.82, 2.24) is 0 Å². The van der Waals surface area contributed by atoms with Gasteiger partial charge in [0, 0.05) is 17.7 Å². The lowest BCUT2D eigenvalue weighted by atomic mass is 10.1. The molecule has 0 aliphatic rings. The van der Waals surface area contributed by atoms with Gasteiger partial charge in [0.2, 0.25) is 0 Å². The van der Waals surface area contributed by atoms with E-state index in [4.69, 9.17) is 9.84 Å². The van der Waals surface area contributed by atoms with Gasteiger partial charge in [-0.2, -0.15) is 0 Å². The van der Waals surface area contributed by atoms with Gasteiger partial charge >= 0.3 is 5.97 Å². The molecule has 112 valence electrons. The number of benzene rings is 2. The number of non-ortho nitro benzene ring substituents is 1. The molecule has 6 nitrogen and oxygen atoms in total. The number of carboxylic acid groups (broad SMARTS) is 1. The quantitative estimate of drug-likeness (QED) is 0.502. The highest BCUT2D eigenvalue weighted by molar-refractivity contribution is 5.73. The first-order valence-electron chi connectivity index (χ1n) is 6.42. The molecular weight excluding hydrogens is 286 g/mol. The van der Waals surface area contributed by atoms with E-state index >= 15 is 0 Å². The molecule has 6 heteroatoms. The Hall–Kier alpha value is -3.15. The summed E-state index contributed by atoms with van der Waals surface area (Å²) < 4.78 is 5.20. The minimum Gasteiger partial charge on any atom is -0.481 e. The summed E-state index contributed by atoms with van der Waals surface area (Å²) in [6, 6.07) is 13.1. The maximum atomic E-state index is 10.6. The fourth-order valence-corrected chi connectivity index (χ4v) is 1.78. The molecule has 2 aromatic carbocycles. The van der Waals surface area contributed by atoms with Crippen LogP contribution in [0.5, 0.6) is 5.75 Å². The Morgan fingerprint density at radius 1 is 1.14 bits per heavy atom. The summed E-state index contributed by atoms with van der Waals surface area (Å²) in [5, 5.41) is 19.2. The van der Waals surface area contributed by atoms with Gasteiger partial charge in [0.05, 0.1) is 4.92 Å². The number of rotatable bonds is 6. The maximum absolute atomic E-state index is 10.6. The van der Waals surface area contributed by atoms with Crippen LogP contribution in [0.25, 0.3) is 12.2 Å². The number of hydrogen-bond acceptors (Lipinski definition) is 4. The molecule has 0 unspecified atom stereocenters. The van der Waals surface area contributed by atoms with E-state index in [1.165, 1.54) is 12.1 Å². The lowest BCUT2D eigenvalue weighted by Gasteiger charge is -2.06. The Morgan fingerprint density at radius 3 is 2.45 bits per heavy atom. The number of carbonyl (C=O) groups is 1. The van der Waals surface area contributed by atoms with Gasteiger partial charge in [0.15, 0.2) is 6.61 Å². The van der Waals surface area contributed by atoms with E-state index in [2.05, 4.69) is 0 Å². The second kappa shape index (κ2) is 7.03. The Labute approximate surface area is 126 Å². The molecule has 0 aliphatic carbocycles. The van der Waals surface area contributed by atoms with Crippen molar-refractivity contribution in [2.75, 3.05) is 6.61 Å². The molecule has 0 bridgehead atoms. The van der Waals surface area contributed by atoms with Crippen LogP contribution >= 0.6 is 0 Å². The fraction of sp³-hybridized carbons (Fsp3) is 0.0625. The Bertz CT molecular complexity index is 707. The predicted octanol–water partition coefficient (Wildman–Crippen LogP) is 3.23. The van der Waals surface area contributed by atoms with Gasteiger partial charge in [-0.25, -0.2) is 4.79 Å². The van der Waals surface area contributed by atoms with Crippen molar-refractivity contribution in [3.63, 3.8) is 0 Å². The minimum absolute atomic E-state index is 0.0299. The number of para-hydroxylation sites is 1. The number of aliphatic carboxylic acids is 1. The van der Waals surface area contributed by atoms with E-state index in [0.717, 1.165) is 11.1 Å². The number of nitro benzene ring substituents is 1. The summed E-state index contributed by atoms with van der Waals surface area (Å²) in [5.41, 5.74) is 1.54. The first-order valence-corrected chi connectivity index (χ1v) is 6.42. The summed E-state index contributed by atoms with van der Waals surface area (Å²) in [4.78, 5) is 20.7. The van der Waals surface area contributed by atoms with Gasteiger partial charge in [-0.3, -0.25) is 10.1 Å². The van der Waals surface area contributed by atoms with Gasteiger partial charge in [0.1, 0.15) is 5.75 Å². The molecule has 0 saturated carbocycles. The highest BCUT2D eigenvalue weighted by atomic mass is 16.6. The monoisotopic (exact) mass is 299 g/mol. The van der Waals surface area contributed by atoms with Crippen LogP contribution in [0.4, 0.5) is 5.69 Å². The topological polar surface area (TPSA) is 89.7 Å². The summed E-state index contributed by atoms with van der Waals surface area (Å²) in [6.07, 6.45) is 3.53. The molecular formula is C16H13NO5. The van der Waals surface area contributed by atoms with Crippen LogP contribution in [-0.4, -0.2) is 22.6 Å². The highest BCUT2D eigenvalue weighted by Gasteiger charge is 2.04. The first-order chi connectivity index (χ1) is 10.6. The van der Waals surface area contributed by atoms with Gasteiger partial charge in [0.25, 0.3) is 5.69 Å². The van der Waals surface area contributed by atoms with Crippen molar-refractivity contribution in [3.8, 4) is 5.75 Å². The van der Waals surface area contributed by atoms with Crippen LogP contribution in [0.2, 0.25) is 0 Å². The first kappa shape index (κ1) is 15.2. The second-order valence-electron chi connectivity index (χ2n) is 4.40. The molecule has 0 spiro atoms. The van der Waals surface area contributed by atoms with Crippen LogP contribution in [0, 0.1) is 10.1 Å². The summed E-state index contributed by atoms with van der Waals surface area (Å²) in [5.74, 6) is -0.586. The van der Waals surface area contributed by atoms with Crippen LogP contribution < -0.4 is 4.74 Å². The summed E-state index contributed by atoms with van der Waals surface area (Å²) in [7, 11) is 0. The second-order valence-corrected chi connectivity index (χ2v) is 4.40. The van der Waals surface area contributed by atoms with Crippen molar-refractivity contribution >= 4 is 23.8 Å². The van der Waals surface area contributed by atoms with Gasteiger partial charge in [-0.15, -0.1) is 0 Å². The number of nitro groups is 1. The lowest BCUT2D eigenvalue weighted by Crippen LogP contribution is -2.09. The molecule has 0 amide bonds. The number of nitrogens with zero attached hydrogens (tertiary/aromatic N) is 1. The third kappa shape index (κ3) is 4.17. The molecule has 2 rings (SSSR count). The van der Waals surface area contributed by atoms with Crippen molar-refractivity contribution < 1.29 is 19.6 Å². The molecule has 0 radical (unpaired) electrons. The SMILES string of the molecule is O=C(O)COc1ccccc1/C=C\c1ccc([N+](=O)[O-])cc1. The number of hydrogen-bond donors (Lipinski definition) is 1. The van der Waals surface area contributed by atoms with E-state index in [-0.39, 0.29) is 5.69 Å². The van der Waals surface area contributed by atoms with E-state index in [1.807, 2.05) is 6.07 Å². The van der Waals surface area contributed by atoms with Crippen molar-refractivity contribution in [3.05, 3.63) is 69.8 Å².